The summed E-state index contributed by atoms with van der Waals surface area (Å²) in [6, 6.07) is 4.24. The fraction of sp³-hybridized carbons (Fsp3) is 0.619. The molecule has 0 aromatic carbocycles. The van der Waals surface area contributed by atoms with Crippen molar-refractivity contribution in [2.24, 2.45) is 11.3 Å². The Morgan fingerprint density at radius 1 is 1.39 bits per heavy atom. The fourth-order valence-corrected chi connectivity index (χ4v) is 6.18. The zero-order valence-corrected chi connectivity index (χ0v) is 17.2. The average molecular weight is 401 g/mol. The largest absolute Gasteiger partial charge is 0.380 e. The zero-order valence-electron chi connectivity index (χ0n) is 16.4. The number of aryl methyl sites for hydroxylation is 1. The second-order valence-electron chi connectivity index (χ2n) is 8.64. The van der Waals surface area contributed by atoms with E-state index in [0.29, 0.717) is 24.3 Å². The van der Waals surface area contributed by atoms with Crippen molar-refractivity contribution < 1.29 is 9.53 Å². The Kier molecular flexibility index (Phi) is 4.77. The summed E-state index contributed by atoms with van der Waals surface area (Å²) in [4.78, 5) is 19.6. The Morgan fingerprint density at radius 3 is 2.96 bits per heavy atom. The second-order valence-corrected chi connectivity index (χ2v) is 9.64. The van der Waals surface area contributed by atoms with E-state index in [2.05, 4.69) is 44.4 Å². The van der Waals surface area contributed by atoms with E-state index in [1.807, 2.05) is 17.5 Å². The molecule has 5 heterocycles. The molecule has 28 heavy (non-hydrogen) atoms. The topological polar surface area (TPSA) is 61.5 Å². The van der Waals surface area contributed by atoms with Gasteiger partial charge in [-0.1, -0.05) is 0 Å². The van der Waals surface area contributed by atoms with E-state index in [1.54, 1.807) is 0 Å². The first-order valence-electron chi connectivity index (χ1n) is 10.3. The highest BCUT2D eigenvalue weighted by Gasteiger charge is 2.57. The lowest BCUT2D eigenvalue weighted by molar-refractivity contribution is -0.144. The molecule has 2 atom stereocenters. The van der Waals surface area contributed by atoms with Gasteiger partial charge >= 0.3 is 0 Å². The number of aromatic amines is 1. The molecule has 6 nitrogen and oxygen atoms in total. The number of amides is 1. The van der Waals surface area contributed by atoms with E-state index in [1.165, 1.54) is 16.1 Å². The minimum absolute atomic E-state index is 0.323. The monoisotopic (exact) mass is 400 g/mol. The molecule has 1 amide bonds. The van der Waals surface area contributed by atoms with Crippen molar-refractivity contribution >= 4 is 17.2 Å². The lowest BCUT2D eigenvalue weighted by Crippen LogP contribution is -2.51. The third kappa shape index (κ3) is 3.09. The van der Waals surface area contributed by atoms with Crippen LogP contribution in [0.5, 0.6) is 0 Å². The standard InChI is InChI=1S/C21H28N4O2S/c1-15-5-9-28-19(15)11-24-10-17-12-27-14-21(17,13-24)20(26)25-7-3-16(4-8-25)18-2-6-22-23-18/h2,5-6,9,16-17H,3-4,7-8,10-14H2,1H3,(H,22,23)/t17-,21-/m1/s1. The summed E-state index contributed by atoms with van der Waals surface area (Å²) in [5.41, 5.74) is 2.22. The molecule has 1 N–H and O–H groups in total. The van der Waals surface area contributed by atoms with Gasteiger partial charge in [0.1, 0.15) is 0 Å². The van der Waals surface area contributed by atoms with E-state index in [4.69, 9.17) is 4.74 Å². The number of carbonyl (C=O) groups excluding carboxylic acids is 1. The number of hydrogen-bond donors (Lipinski definition) is 1. The van der Waals surface area contributed by atoms with Gasteiger partial charge in [0, 0.05) is 61.3 Å². The van der Waals surface area contributed by atoms with Gasteiger partial charge in [0.25, 0.3) is 0 Å². The van der Waals surface area contributed by atoms with Crippen LogP contribution in [0.3, 0.4) is 0 Å². The summed E-state index contributed by atoms with van der Waals surface area (Å²) in [7, 11) is 0. The number of nitrogens with zero attached hydrogens (tertiary/aromatic N) is 3. The molecule has 3 aliphatic heterocycles. The number of thiophene rings is 1. The SMILES string of the molecule is Cc1ccsc1CN1C[C@@H]2COC[C@]2(C(=O)N2CCC(c3ccn[nH]3)CC2)C1. The maximum absolute atomic E-state index is 13.6. The number of likely N-dealkylation sites (tertiary alicyclic amines) is 2. The molecule has 0 unspecified atom stereocenters. The Bertz CT molecular complexity index is 827. The molecule has 0 bridgehead atoms. The zero-order chi connectivity index (χ0) is 19.1. The average Bonchev–Trinajstić information content (AvgIpc) is 3.47. The summed E-state index contributed by atoms with van der Waals surface area (Å²) in [5.74, 6) is 1.13. The van der Waals surface area contributed by atoms with Crippen molar-refractivity contribution in [3.8, 4) is 0 Å². The van der Waals surface area contributed by atoms with Crippen LogP contribution in [0.25, 0.3) is 0 Å². The number of rotatable bonds is 4. The van der Waals surface area contributed by atoms with Crippen LogP contribution < -0.4 is 0 Å². The van der Waals surface area contributed by atoms with E-state index in [-0.39, 0.29) is 5.41 Å². The smallest absolute Gasteiger partial charge is 0.232 e. The first-order chi connectivity index (χ1) is 13.7. The fourth-order valence-electron chi connectivity index (χ4n) is 5.23. The van der Waals surface area contributed by atoms with Crippen molar-refractivity contribution in [3.63, 3.8) is 0 Å². The van der Waals surface area contributed by atoms with Gasteiger partial charge in [-0.3, -0.25) is 14.8 Å². The van der Waals surface area contributed by atoms with E-state index in [0.717, 1.165) is 52.2 Å². The Morgan fingerprint density at radius 2 is 2.25 bits per heavy atom. The second kappa shape index (κ2) is 7.28. The normalized spacial score (nSPS) is 28.8. The summed E-state index contributed by atoms with van der Waals surface area (Å²) in [6.07, 6.45) is 3.83. The van der Waals surface area contributed by atoms with Crippen LogP contribution in [-0.2, 0) is 16.1 Å². The highest BCUT2D eigenvalue weighted by molar-refractivity contribution is 7.10. The predicted molar refractivity (Wildman–Crippen MR) is 108 cm³/mol. The number of aromatic nitrogens is 2. The van der Waals surface area contributed by atoms with Crippen molar-refractivity contribution in [1.29, 1.82) is 0 Å². The molecule has 0 radical (unpaired) electrons. The molecular formula is C21H28N4O2S. The predicted octanol–water partition coefficient (Wildman–Crippen LogP) is 2.63. The molecule has 0 saturated carbocycles. The number of nitrogens with one attached hydrogen (secondary N) is 1. The van der Waals surface area contributed by atoms with E-state index in [9.17, 15) is 4.79 Å². The van der Waals surface area contributed by atoms with Crippen LogP contribution >= 0.6 is 11.3 Å². The molecule has 150 valence electrons. The van der Waals surface area contributed by atoms with Gasteiger partial charge in [-0.2, -0.15) is 5.10 Å². The van der Waals surface area contributed by atoms with Crippen molar-refractivity contribution in [3.05, 3.63) is 39.8 Å². The van der Waals surface area contributed by atoms with Gasteiger partial charge in [-0.15, -0.1) is 11.3 Å². The van der Waals surface area contributed by atoms with E-state index < -0.39 is 0 Å². The van der Waals surface area contributed by atoms with Crippen LogP contribution in [0, 0.1) is 18.3 Å². The van der Waals surface area contributed by atoms with Crippen LogP contribution in [0.4, 0.5) is 0 Å². The van der Waals surface area contributed by atoms with Gasteiger partial charge < -0.3 is 9.64 Å². The van der Waals surface area contributed by atoms with Gasteiger partial charge in [0.05, 0.1) is 18.6 Å². The highest BCUT2D eigenvalue weighted by atomic mass is 32.1. The summed E-state index contributed by atoms with van der Waals surface area (Å²) < 4.78 is 5.83. The lowest BCUT2D eigenvalue weighted by atomic mass is 9.79. The molecular weight excluding hydrogens is 372 g/mol. The lowest BCUT2D eigenvalue weighted by Gasteiger charge is -2.37. The van der Waals surface area contributed by atoms with Crippen molar-refractivity contribution in [2.45, 2.75) is 32.2 Å². The maximum Gasteiger partial charge on any atom is 0.232 e. The number of carbonyl (C=O) groups is 1. The number of ether oxygens (including phenoxy) is 1. The number of fused-ring (bicyclic) bond motifs is 1. The summed E-state index contributed by atoms with van der Waals surface area (Å²) in [5, 5.41) is 9.33. The van der Waals surface area contributed by atoms with Gasteiger partial charge in [0.15, 0.2) is 0 Å². The van der Waals surface area contributed by atoms with Crippen LogP contribution in [0.15, 0.2) is 23.7 Å². The molecule has 2 aromatic heterocycles. The van der Waals surface area contributed by atoms with Crippen molar-refractivity contribution in [1.82, 2.24) is 20.0 Å². The minimum atomic E-state index is -0.341. The molecule has 3 saturated heterocycles. The minimum Gasteiger partial charge on any atom is -0.380 e. The molecule has 7 heteroatoms. The van der Waals surface area contributed by atoms with Crippen LogP contribution in [-0.4, -0.2) is 65.3 Å². The van der Waals surface area contributed by atoms with E-state index >= 15 is 0 Å². The Hall–Kier alpha value is -1.70. The van der Waals surface area contributed by atoms with Crippen LogP contribution in [0.1, 0.15) is 34.9 Å². The first-order valence-corrected chi connectivity index (χ1v) is 11.2. The van der Waals surface area contributed by atoms with Crippen molar-refractivity contribution in [2.75, 3.05) is 39.4 Å². The Balaban J connectivity index is 1.26. The number of piperidine rings is 1. The first kappa shape index (κ1) is 18.3. The van der Waals surface area contributed by atoms with Gasteiger partial charge in [-0.25, -0.2) is 0 Å². The summed E-state index contributed by atoms with van der Waals surface area (Å²) >= 11 is 1.82. The third-order valence-electron chi connectivity index (χ3n) is 6.95. The quantitative estimate of drug-likeness (QED) is 0.857. The number of hydrogen-bond acceptors (Lipinski definition) is 5. The van der Waals surface area contributed by atoms with Gasteiger partial charge in [-0.05, 0) is 42.8 Å². The molecule has 3 fully saturated rings. The van der Waals surface area contributed by atoms with Gasteiger partial charge in [0.2, 0.25) is 5.91 Å². The molecule has 0 aliphatic carbocycles. The molecule has 3 aliphatic rings. The number of H-pyrrole nitrogens is 1. The third-order valence-corrected chi connectivity index (χ3v) is 7.96. The Labute approximate surface area is 169 Å². The highest BCUT2D eigenvalue weighted by Crippen LogP contribution is 2.44. The molecule has 0 spiro atoms. The molecule has 2 aromatic rings. The summed E-state index contributed by atoms with van der Waals surface area (Å²) in [6.45, 7) is 7.89. The maximum atomic E-state index is 13.6. The molecule has 5 rings (SSSR count). The van der Waals surface area contributed by atoms with Crippen LogP contribution in [0.2, 0.25) is 0 Å².